The summed E-state index contributed by atoms with van der Waals surface area (Å²) in [5, 5.41) is 23.3. The summed E-state index contributed by atoms with van der Waals surface area (Å²) in [5.41, 5.74) is 1.96. The fourth-order valence-electron chi connectivity index (χ4n) is 1.49. The smallest absolute Gasteiger partial charge is 0.320 e. The Hall–Kier alpha value is -1.92. The van der Waals surface area contributed by atoms with Crippen molar-refractivity contribution in [1.29, 1.82) is 0 Å². The fourth-order valence-corrected chi connectivity index (χ4v) is 1.49. The molecule has 0 aliphatic heterocycles. The van der Waals surface area contributed by atoms with E-state index in [0.717, 1.165) is 11.1 Å². The third-order valence-electron chi connectivity index (χ3n) is 2.99. The first-order valence-corrected chi connectivity index (χ1v) is 6.40. The van der Waals surface area contributed by atoms with Gasteiger partial charge in [-0.25, -0.2) is 0 Å². The van der Waals surface area contributed by atoms with E-state index in [4.69, 9.17) is 10.2 Å². The summed E-state index contributed by atoms with van der Waals surface area (Å²) < 4.78 is 0. The number of nitrogens with one attached hydrogen (secondary N) is 2. The summed E-state index contributed by atoms with van der Waals surface area (Å²) in [5.74, 6) is -1.76. The largest absolute Gasteiger partial charge is 0.480 e. The number of hydrogen-bond acceptors (Lipinski definition) is 4. The zero-order valence-electron chi connectivity index (χ0n) is 11.6. The van der Waals surface area contributed by atoms with Crippen molar-refractivity contribution < 1.29 is 19.8 Å². The van der Waals surface area contributed by atoms with Gasteiger partial charge in [-0.3, -0.25) is 9.59 Å². The Morgan fingerprint density at radius 1 is 0.900 bits per heavy atom. The molecule has 6 nitrogen and oxygen atoms in total. The lowest BCUT2D eigenvalue weighted by molar-refractivity contribution is -0.140. The van der Waals surface area contributed by atoms with E-state index in [0.29, 0.717) is 13.1 Å². The minimum atomic E-state index is -0.881. The van der Waals surface area contributed by atoms with E-state index in [9.17, 15) is 9.59 Å². The van der Waals surface area contributed by atoms with Gasteiger partial charge in [-0.1, -0.05) is 24.3 Å². The Morgan fingerprint density at radius 2 is 1.20 bits per heavy atom. The molecular weight excluding hydrogens is 260 g/mol. The first-order valence-electron chi connectivity index (χ1n) is 6.40. The number of aliphatic carboxylic acids is 2. The van der Waals surface area contributed by atoms with Gasteiger partial charge in [0.1, 0.15) is 12.1 Å². The van der Waals surface area contributed by atoms with Crippen LogP contribution in [0.4, 0.5) is 0 Å². The summed E-state index contributed by atoms with van der Waals surface area (Å²) >= 11 is 0. The summed E-state index contributed by atoms with van der Waals surface area (Å²) in [7, 11) is 0. The molecule has 6 heteroatoms. The quantitative estimate of drug-likeness (QED) is 0.562. The maximum Gasteiger partial charge on any atom is 0.320 e. The normalized spacial score (nSPS) is 13.7. The van der Waals surface area contributed by atoms with Gasteiger partial charge in [0.15, 0.2) is 0 Å². The van der Waals surface area contributed by atoms with Crippen molar-refractivity contribution in [2.45, 2.75) is 39.0 Å². The second kappa shape index (κ2) is 7.62. The lowest BCUT2D eigenvalue weighted by Crippen LogP contribution is -2.33. The van der Waals surface area contributed by atoms with Gasteiger partial charge < -0.3 is 20.8 Å². The zero-order chi connectivity index (χ0) is 15.1. The Labute approximate surface area is 117 Å². The number of rotatable bonds is 8. The monoisotopic (exact) mass is 280 g/mol. The van der Waals surface area contributed by atoms with E-state index < -0.39 is 24.0 Å². The van der Waals surface area contributed by atoms with E-state index >= 15 is 0 Å². The molecule has 1 aromatic carbocycles. The Morgan fingerprint density at radius 3 is 1.45 bits per heavy atom. The van der Waals surface area contributed by atoms with Crippen LogP contribution >= 0.6 is 0 Å². The Bertz CT molecular complexity index is 416. The molecule has 0 aliphatic carbocycles. The molecule has 0 heterocycles. The molecule has 0 radical (unpaired) electrons. The van der Waals surface area contributed by atoms with Crippen molar-refractivity contribution in [2.24, 2.45) is 0 Å². The Balaban J connectivity index is 2.44. The number of benzene rings is 1. The van der Waals surface area contributed by atoms with Crippen molar-refractivity contribution in [3.05, 3.63) is 35.4 Å². The highest BCUT2D eigenvalue weighted by Crippen LogP contribution is 2.05. The highest BCUT2D eigenvalue weighted by Gasteiger charge is 2.10. The number of carboxylic acids is 2. The molecule has 4 N–H and O–H groups in total. The molecule has 0 saturated heterocycles. The molecular formula is C14H20N2O4. The molecule has 0 aliphatic rings. The van der Waals surface area contributed by atoms with Crippen LogP contribution in [0.15, 0.2) is 24.3 Å². The minimum absolute atomic E-state index is 0.479. The zero-order valence-corrected chi connectivity index (χ0v) is 11.6. The first kappa shape index (κ1) is 16.1. The third-order valence-corrected chi connectivity index (χ3v) is 2.99. The number of carbonyl (C=O) groups is 2. The average Bonchev–Trinajstić information content (AvgIpc) is 2.42. The lowest BCUT2D eigenvalue weighted by Gasteiger charge is -2.11. The van der Waals surface area contributed by atoms with Gasteiger partial charge in [0.05, 0.1) is 0 Å². The predicted octanol–water partition coefficient (Wildman–Crippen LogP) is 0.812. The minimum Gasteiger partial charge on any atom is -0.480 e. The van der Waals surface area contributed by atoms with Crippen molar-refractivity contribution in [2.75, 3.05) is 0 Å². The predicted molar refractivity (Wildman–Crippen MR) is 74.3 cm³/mol. The van der Waals surface area contributed by atoms with Gasteiger partial charge in [0.2, 0.25) is 0 Å². The second-order valence-corrected chi connectivity index (χ2v) is 4.70. The fraction of sp³-hybridized carbons (Fsp3) is 0.429. The summed E-state index contributed by atoms with van der Waals surface area (Å²) in [6.45, 7) is 4.14. The molecule has 1 rings (SSSR count). The van der Waals surface area contributed by atoms with Crippen LogP contribution in [0.3, 0.4) is 0 Å². The van der Waals surface area contributed by atoms with Gasteiger partial charge in [0.25, 0.3) is 0 Å². The molecule has 2 unspecified atom stereocenters. The summed E-state index contributed by atoms with van der Waals surface area (Å²) in [4.78, 5) is 21.3. The molecule has 0 bridgehead atoms. The Kier molecular flexibility index (Phi) is 6.14. The SMILES string of the molecule is CC(NCc1ccc(CNC(C)C(=O)O)cc1)C(=O)O. The van der Waals surface area contributed by atoms with Crippen molar-refractivity contribution in [3.63, 3.8) is 0 Å². The molecule has 0 aromatic heterocycles. The lowest BCUT2D eigenvalue weighted by atomic mass is 10.1. The van der Waals surface area contributed by atoms with Gasteiger partial charge in [-0.05, 0) is 25.0 Å². The molecule has 1 aromatic rings. The maximum absolute atomic E-state index is 10.7. The van der Waals surface area contributed by atoms with E-state index in [1.165, 1.54) is 0 Å². The third kappa shape index (κ3) is 5.38. The van der Waals surface area contributed by atoms with Gasteiger partial charge in [-0.2, -0.15) is 0 Å². The summed E-state index contributed by atoms with van der Waals surface area (Å²) in [6.07, 6.45) is 0. The van der Waals surface area contributed by atoms with Crippen LogP contribution in [0.5, 0.6) is 0 Å². The van der Waals surface area contributed by atoms with Crippen LogP contribution in [0, 0.1) is 0 Å². The van der Waals surface area contributed by atoms with E-state index in [2.05, 4.69) is 10.6 Å². The molecule has 0 amide bonds. The molecule has 0 saturated carbocycles. The van der Waals surface area contributed by atoms with Crippen molar-refractivity contribution >= 4 is 11.9 Å². The molecule has 20 heavy (non-hydrogen) atoms. The van der Waals surface area contributed by atoms with Gasteiger partial charge in [0, 0.05) is 13.1 Å². The molecule has 0 spiro atoms. The molecule has 2 atom stereocenters. The van der Waals surface area contributed by atoms with Gasteiger partial charge >= 0.3 is 11.9 Å². The highest BCUT2D eigenvalue weighted by atomic mass is 16.4. The number of carboxylic acid groups (broad SMARTS) is 2. The van der Waals surface area contributed by atoms with Crippen LogP contribution in [-0.4, -0.2) is 34.2 Å². The molecule has 0 fully saturated rings. The van der Waals surface area contributed by atoms with Gasteiger partial charge in [-0.15, -0.1) is 0 Å². The van der Waals surface area contributed by atoms with Crippen LogP contribution < -0.4 is 10.6 Å². The maximum atomic E-state index is 10.7. The van der Waals surface area contributed by atoms with Crippen molar-refractivity contribution in [1.82, 2.24) is 10.6 Å². The van der Waals surface area contributed by atoms with Crippen LogP contribution in [0.2, 0.25) is 0 Å². The standard InChI is InChI=1S/C14H20N2O4/c1-9(13(17)18)15-7-11-3-5-12(6-4-11)8-16-10(2)14(19)20/h3-6,9-10,15-16H,7-8H2,1-2H3,(H,17,18)(H,19,20). The topological polar surface area (TPSA) is 98.7 Å². The van der Waals surface area contributed by atoms with E-state index in [1.807, 2.05) is 24.3 Å². The van der Waals surface area contributed by atoms with E-state index in [-0.39, 0.29) is 0 Å². The van der Waals surface area contributed by atoms with E-state index in [1.54, 1.807) is 13.8 Å². The molecule has 110 valence electrons. The highest BCUT2D eigenvalue weighted by molar-refractivity contribution is 5.73. The second-order valence-electron chi connectivity index (χ2n) is 4.70. The average molecular weight is 280 g/mol. The van der Waals surface area contributed by atoms with Crippen molar-refractivity contribution in [3.8, 4) is 0 Å². The summed E-state index contributed by atoms with van der Waals surface area (Å²) in [6, 6.07) is 6.39. The van der Waals surface area contributed by atoms with Crippen LogP contribution in [0.25, 0.3) is 0 Å². The first-order chi connectivity index (χ1) is 9.40. The van der Waals surface area contributed by atoms with Crippen LogP contribution in [-0.2, 0) is 22.7 Å². The number of hydrogen-bond donors (Lipinski definition) is 4. The van der Waals surface area contributed by atoms with Crippen LogP contribution in [0.1, 0.15) is 25.0 Å².